The molecule has 0 bridgehead atoms. The topological polar surface area (TPSA) is 90.3 Å². The largest absolute Gasteiger partial charge is 0.461 e. The van der Waals surface area contributed by atoms with Crippen molar-refractivity contribution in [2.24, 2.45) is 0 Å². The van der Waals surface area contributed by atoms with Crippen LogP contribution < -0.4 is 10.9 Å². The van der Waals surface area contributed by atoms with E-state index in [0.717, 1.165) is 35.1 Å². The molecule has 7 heteroatoms. The fraction of sp³-hybridized carbons (Fsp3) is 0.241. The van der Waals surface area contributed by atoms with Crippen LogP contribution in [0.5, 0.6) is 0 Å². The Kier molecular flexibility index (Phi) is 8.24. The van der Waals surface area contributed by atoms with E-state index in [4.69, 9.17) is 4.74 Å². The monoisotopic (exact) mass is 483 g/mol. The minimum atomic E-state index is -0.407. The second kappa shape index (κ2) is 11.9. The van der Waals surface area contributed by atoms with Crippen LogP contribution in [0.25, 0.3) is 11.0 Å². The van der Waals surface area contributed by atoms with Crippen LogP contribution in [-0.4, -0.2) is 21.4 Å². The summed E-state index contributed by atoms with van der Waals surface area (Å²) >= 11 is 0. The molecular formula is C29H29N3O4. The van der Waals surface area contributed by atoms with Crippen molar-refractivity contribution >= 4 is 28.6 Å². The maximum absolute atomic E-state index is 13.0. The lowest BCUT2D eigenvalue weighted by Gasteiger charge is -2.12. The van der Waals surface area contributed by atoms with Gasteiger partial charge < -0.3 is 14.6 Å². The zero-order valence-electron chi connectivity index (χ0n) is 20.3. The highest BCUT2D eigenvalue weighted by Gasteiger charge is 2.13. The molecule has 1 aromatic heterocycles. The fourth-order valence-electron chi connectivity index (χ4n) is 3.88. The Labute approximate surface area is 209 Å². The molecule has 0 saturated carbocycles. The van der Waals surface area contributed by atoms with Gasteiger partial charge in [-0.15, -0.1) is 0 Å². The standard InChI is InChI=1S/C29H29N3O4/c1-2-3-19-32-26-12-8-7-11-24(26)31-25(29(32)35)17-18-27(33)36-20-21-13-15-22(16-14-21)28(34)30-23-9-5-4-6-10-23/h4-16H,2-3,17-20H2,1H3,(H,30,34). The van der Waals surface area contributed by atoms with E-state index >= 15 is 0 Å². The lowest BCUT2D eigenvalue weighted by atomic mass is 10.1. The summed E-state index contributed by atoms with van der Waals surface area (Å²) in [5.41, 5.74) is 3.77. The highest BCUT2D eigenvalue weighted by molar-refractivity contribution is 6.04. The molecular weight excluding hydrogens is 454 g/mol. The SMILES string of the molecule is CCCCn1c(=O)c(CCC(=O)OCc2ccc(C(=O)Nc3ccccc3)cc2)nc2ccccc21. The van der Waals surface area contributed by atoms with Crippen LogP contribution in [0.15, 0.2) is 83.7 Å². The van der Waals surface area contributed by atoms with Crippen LogP contribution in [0.4, 0.5) is 5.69 Å². The Morgan fingerprint density at radius 3 is 2.42 bits per heavy atom. The number of unbranched alkanes of at least 4 members (excludes halogenated alkanes) is 1. The maximum Gasteiger partial charge on any atom is 0.306 e. The van der Waals surface area contributed by atoms with Crippen LogP contribution in [0.1, 0.15) is 47.8 Å². The number of hydrogen-bond acceptors (Lipinski definition) is 5. The zero-order chi connectivity index (χ0) is 25.3. The van der Waals surface area contributed by atoms with Gasteiger partial charge in [0.05, 0.1) is 17.5 Å². The van der Waals surface area contributed by atoms with Gasteiger partial charge >= 0.3 is 5.97 Å². The summed E-state index contributed by atoms with van der Waals surface area (Å²) in [6, 6.07) is 23.7. The summed E-state index contributed by atoms with van der Waals surface area (Å²) in [5, 5.41) is 2.83. The quantitative estimate of drug-likeness (QED) is 0.316. The van der Waals surface area contributed by atoms with Crippen LogP contribution in [0.2, 0.25) is 0 Å². The predicted molar refractivity (Wildman–Crippen MR) is 140 cm³/mol. The molecule has 1 amide bonds. The van der Waals surface area contributed by atoms with Crippen LogP contribution >= 0.6 is 0 Å². The van der Waals surface area contributed by atoms with Crippen molar-refractivity contribution in [3.05, 3.63) is 106 Å². The third-order valence-corrected chi connectivity index (χ3v) is 5.87. The van der Waals surface area contributed by atoms with E-state index in [-0.39, 0.29) is 30.9 Å². The van der Waals surface area contributed by atoms with Gasteiger partial charge in [0, 0.05) is 24.2 Å². The van der Waals surface area contributed by atoms with Crippen molar-refractivity contribution in [1.82, 2.24) is 9.55 Å². The average molecular weight is 484 g/mol. The number of aryl methyl sites for hydroxylation is 2. The van der Waals surface area contributed by atoms with Gasteiger partial charge in [-0.05, 0) is 48.4 Å². The summed E-state index contributed by atoms with van der Waals surface area (Å²) in [6.07, 6.45) is 2.14. The zero-order valence-corrected chi connectivity index (χ0v) is 20.3. The smallest absolute Gasteiger partial charge is 0.306 e. The Morgan fingerprint density at radius 2 is 1.67 bits per heavy atom. The number of fused-ring (bicyclic) bond motifs is 1. The van der Waals surface area contributed by atoms with E-state index < -0.39 is 5.97 Å². The van der Waals surface area contributed by atoms with Crippen molar-refractivity contribution in [3.8, 4) is 0 Å². The summed E-state index contributed by atoms with van der Waals surface area (Å²) in [7, 11) is 0. The number of amides is 1. The summed E-state index contributed by atoms with van der Waals surface area (Å²) in [5.74, 6) is -0.618. The van der Waals surface area contributed by atoms with Crippen LogP contribution in [-0.2, 0) is 29.1 Å². The van der Waals surface area contributed by atoms with E-state index in [1.807, 2.05) is 54.6 Å². The number of carbonyl (C=O) groups excluding carboxylic acids is 2. The summed E-state index contributed by atoms with van der Waals surface area (Å²) < 4.78 is 7.14. The lowest BCUT2D eigenvalue weighted by Crippen LogP contribution is -2.26. The summed E-state index contributed by atoms with van der Waals surface area (Å²) in [4.78, 5) is 42.3. The first-order valence-electron chi connectivity index (χ1n) is 12.1. The van der Waals surface area contributed by atoms with E-state index in [1.165, 1.54) is 0 Å². The molecule has 4 aromatic rings. The Bertz CT molecular complexity index is 1400. The first kappa shape index (κ1) is 24.9. The van der Waals surface area contributed by atoms with Crippen molar-refractivity contribution < 1.29 is 14.3 Å². The molecule has 36 heavy (non-hydrogen) atoms. The van der Waals surface area contributed by atoms with Gasteiger partial charge in [0.15, 0.2) is 0 Å². The summed E-state index contributed by atoms with van der Waals surface area (Å²) in [6.45, 7) is 2.79. The molecule has 0 fully saturated rings. The van der Waals surface area contributed by atoms with Crippen LogP contribution in [0, 0.1) is 0 Å². The van der Waals surface area contributed by atoms with Crippen molar-refractivity contribution in [3.63, 3.8) is 0 Å². The number of esters is 1. The number of hydrogen-bond donors (Lipinski definition) is 1. The molecule has 1 heterocycles. The number of nitrogens with one attached hydrogen (secondary N) is 1. The molecule has 3 aromatic carbocycles. The predicted octanol–water partition coefficient (Wildman–Crippen LogP) is 5.12. The van der Waals surface area contributed by atoms with Crippen molar-refractivity contribution in [2.45, 2.75) is 45.8 Å². The molecule has 0 aliphatic carbocycles. The molecule has 0 aliphatic rings. The first-order chi connectivity index (χ1) is 17.5. The maximum atomic E-state index is 13.0. The third-order valence-electron chi connectivity index (χ3n) is 5.87. The fourth-order valence-corrected chi connectivity index (χ4v) is 3.88. The Balaban J connectivity index is 1.33. The molecule has 0 saturated heterocycles. The van der Waals surface area contributed by atoms with E-state index in [1.54, 1.807) is 28.8 Å². The second-order valence-electron chi connectivity index (χ2n) is 8.54. The molecule has 4 rings (SSSR count). The van der Waals surface area contributed by atoms with E-state index in [0.29, 0.717) is 17.8 Å². The van der Waals surface area contributed by atoms with Gasteiger partial charge in [-0.25, -0.2) is 4.98 Å². The number of para-hydroxylation sites is 3. The first-order valence-corrected chi connectivity index (χ1v) is 12.1. The van der Waals surface area contributed by atoms with Crippen LogP contribution in [0.3, 0.4) is 0 Å². The molecule has 0 radical (unpaired) electrons. The number of benzene rings is 3. The van der Waals surface area contributed by atoms with Gasteiger partial charge in [-0.1, -0.05) is 55.8 Å². The molecule has 0 atom stereocenters. The molecule has 0 spiro atoms. The van der Waals surface area contributed by atoms with Gasteiger partial charge in [0.2, 0.25) is 0 Å². The molecule has 184 valence electrons. The normalized spacial score (nSPS) is 10.8. The third kappa shape index (κ3) is 6.24. The van der Waals surface area contributed by atoms with E-state index in [9.17, 15) is 14.4 Å². The van der Waals surface area contributed by atoms with Gasteiger partial charge in [-0.2, -0.15) is 0 Å². The average Bonchev–Trinajstić information content (AvgIpc) is 2.91. The highest BCUT2D eigenvalue weighted by Crippen LogP contribution is 2.13. The Morgan fingerprint density at radius 1 is 0.944 bits per heavy atom. The molecule has 0 aliphatic heterocycles. The Hall–Kier alpha value is -4.26. The number of nitrogens with zero attached hydrogens (tertiary/aromatic N) is 2. The highest BCUT2D eigenvalue weighted by atomic mass is 16.5. The van der Waals surface area contributed by atoms with Crippen molar-refractivity contribution in [2.75, 3.05) is 5.32 Å². The number of aromatic nitrogens is 2. The van der Waals surface area contributed by atoms with E-state index in [2.05, 4.69) is 17.2 Å². The number of carbonyl (C=O) groups is 2. The van der Waals surface area contributed by atoms with Gasteiger partial charge in [0.1, 0.15) is 12.3 Å². The lowest BCUT2D eigenvalue weighted by molar-refractivity contribution is -0.144. The number of anilines is 1. The second-order valence-corrected chi connectivity index (χ2v) is 8.54. The van der Waals surface area contributed by atoms with Gasteiger partial charge in [-0.3, -0.25) is 14.4 Å². The van der Waals surface area contributed by atoms with Gasteiger partial charge in [0.25, 0.3) is 11.5 Å². The molecule has 7 nitrogen and oxygen atoms in total. The number of rotatable bonds is 10. The number of ether oxygens (including phenoxy) is 1. The molecule has 1 N–H and O–H groups in total. The van der Waals surface area contributed by atoms with Crippen molar-refractivity contribution in [1.29, 1.82) is 0 Å². The molecule has 0 unspecified atom stereocenters. The minimum absolute atomic E-state index is 0.0614. The minimum Gasteiger partial charge on any atom is -0.461 e.